The fraction of sp³-hybridized carbons (Fsp3) is 0.727. The molecule has 0 fully saturated rings. The summed E-state index contributed by atoms with van der Waals surface area (Å²) in [5.41, 5.74) is -0.00881. The zero-order valence-corrected chi connectivity index (χ0v) is 10.5. The van der Waals surface area contributed by atoms with Crippen LogP contribution in [0.3, 0.4) is 0 Å². The van der Waals surface area contributed by atoms with Crippen LogP contribution >= 0.6 is 11.3 Å². The normalized spacial score (nSPS) is 12.0. The molecule has 0 saturated heterocycles. The van der Waals surface area contributed by atoms with Gasteiger partial charge in [-0.25, -0.2) is 4.98 Å². The summed E-state index contributed by atoms with van der Waals surface area (Å²) in [6.07, 6.45) is 3.71. The molecule has 4 heteroatoms. The molecule has 2 N–H and O–H groups in total. The van der Waals surface area contributed by atoms with E-state index in [1.807, 2.05) is 6.20 Å². The minimum absolute atomic E-state index is 0.00881. The lowest BCUT2D eigenvalue weighted by Gasteiger charge is -2.24. The monoisotopic (exact) mass is 228 g/mol. The second-order valence-corrected chi connectivity index (χ2v) is 5.48. The van der Waals surface area contributed by atoms with E-state index < -0.39 is 0 Å². The first kappa shape index (κ1) is 12.6. The second kappa shape index (κ2) is 5.58. The second-order valence-electron chi connectivity index (χ2n) is 4.28. The molecular formula is C11H20N2OS. The van der Waals surface area contributed by atoms with E-state index in [4.69, 9.17) is 5.11 Å². The third-order valence-corrected chi connectivity index (χ3v) is 3.52. The standard InChI is InChI=1S/C11H20N2OS/c1-4-10-12-7-9(15-10)8-13-11(2,3)5-6-14/h7,13-14H,4-6,8H2,1-3H3. The van der Waals surface area contributed by atoms with Crippen molar-refractivity contribution in [3.8, 4) is 0 Å². The molecule has 0 bridgehead atoms. The zero-order chi connectivity index (χ0) is 11.3. The number of hydrogen-bond acceptors (Lipinski definition) is 4. The van der Waals surface area contributed by atoms with Crippen LogP contribution in [0.4, 0.5) is 0 Å². The molecular weight excluding hydrogens is 208 g/mol. The van der Waals surface area contributed by atoms with Crippen molar-refractivity contribution in [1.82, 2.24) is 10.3 Å². The smallest absolute Gasteiger partial charge is 0.0925 e. The largest absolute Gasteiger partial charge is 0.396 e. The fourth-order valence-electron chi connectivity index (χ4n) is 1.29. The third kappa shape index (κ3) is 4.28. The van der Waals surface area contributed by atoms with E-state index in [1.54, 1.807) is 11.3 Å². The van der Waals surface area contributed by atoms with Gasteiger partial charge < -0.3 is 10.4 Å². The molecule has 0 aliphatic rings. The van der Waals surface area contributed by atoms with Gasteiger partial charge in [-0.15, -0.1) is 11.3 Å². The molecule has 0 atom stereocenters. The van der Waals surface area contributed by atoms with Crippen LogP contribution in [-0.2, 0) is 13.0 Å². The summed E-state index contributed by atoms with van der Waals surface area (Å²) >= 11 is 1.76. The van der Waals surface area contributed by atoms with E-state index in [-0.39, 0.29) is 12.1 Å². The van der Waals surface area contributed by atoms with Crippen LogP contribution in [0, 0.1) is 0 Å². The summed E-state index contributed by atoms with van der Waals surface area (Å²) in [5, 5.41) is 13.5. The van der Waals surface area contributed by atoms with E-state index in [0.29, 0.717) is 0 Å². The molecule has 0 unspecified atom stereocenters. The predicted octanol–water partition coefficient (Wildman–Crippen LogP) is 1.96. The number of aliphatic hydroxyl groups excluding tert-OH is 1. The molecule has 15 heavy (non-hydrogen) atoms. The van der Waals surface area contributed by atoms with Crippen molar-refractivity contribution in [2.75, 3.05) is 6.61 Å². The number of rotatable bonds is 6. The first-order valence-electron chi connectivity index (χ1n) is 5.37. The maximum atomic E-state index is 8.89. The van der Waals surface area contributed by atoms with Crippen molar-refractivity contribution < 1.29 is 5.11 Å². The van der Waals surface area contributed by atoms with Crippen LogP contribution in [0.1, 0.15) is 37.1 Å². The van der Waals surface area contributed by atoms with Gasteiger partial charge in [-0.05, 0) is 26.7 Å². The van der Waals surface area contributed by atoms with Gasteiger partial charge in [-0.2, -0.15) is 0 Å². The fourth-order valence-corrected chi connectivity index (χ4v) is 2.09. The zero-order valence-electron chi connectivity index (χ0n) is 9.71. The van der Waals surface area contributed by atoms with Crippen LogP contribution in [0.15, 0.2) is 6.20 Å². The summed E-state index contributed by atoms with van der Waals surface area (Å²) < 4.78 is 0. The van der Waals surface area contributed by atoms with Crippen molar-refractivity contribution in [2.45, 2.75) is 45.7 Å². The topological polar surface area (TPSA) is 45.2 Å². The summed E-state index contributed by atoms with van der Waals surface area (Å²) in [6.45, 7) is 7.38. The molecule has 3 nitrogen and oxygen atoms in total. The van der Waals surface area contributed by atoms with Gasteiger partial charge in [0.2, 0.25) is 0 Å². The lowest BCUT2D eigenvalue weighted by molar-refractivity contribution is 0.230. The molecule has 0 saturated carbocycles. The van der Waals surface area contributed by atoms with Gasteiger partial charge in [0, 0.05) is 29.8 Å². The van der Waals surface area contributed by atoms with Crippen molar-refractivity contribution in [3.05, 3.63) is 16.1 Å². The Bertz CT molecular complexity index is 297. The molecule has 1 rings (SSSR count). The van der Waals surface area contributed by atoms with Crippen molar-refractivity contribution >= 4 is 11.3 Å². The van der Waals surface area contributed by atoms with Crippen LogP contribution in [-0.4, -0.2) is 22.2 Å². The first-order chi connectivity index (χ1) is 7.07. The Kier molecular flexibility index (Phi) is 4.70. The number of aliphatic hydroxyl groups is 1. The lowest BCUT2D eigenvalue weighted by atomic mass is 10.0. The van der Waals surface area contributed by atoms with Gasteiger partial charge in [-0.1, -0.05) is 6.92 Å². The maximum absolute atomic E-state index is 8.89. The van der Waals surface area contributed by atoms with E-state index >= 15 is 0 Å². The Labute approximate surface area is 95.6 Å². The summed E-state index contributed by atoms with van der Waals surface area (Å²) in [5.74, 6) is 0. The highest BCUT2D eigenvalue weighted by molar-refractivity contribution is 7.11. The van der Waals surface area contributed by atoms with E-state index in [1.165, 1.54) is 9.88 Å². The van der Waals surface area contributed by atoms with E-state index in [2.05, 4.69) is 31.1 Å². The Hall–Kier alpha value is -0.450. The molecule has 1 heterocycles. The Morgan fingerprint density at radius 1 is 1.53 bits per heavy atom. The third-order valence-electron chi connectivity index (χ3n) is 2.38. The average Bonchev–Trinajstić information content (AvgIpc) is 2.62. The van der Waals surface area contributed by atoms with Gasteiger partial charge in [0.15, 0.2) is 0 Å². The minimum atomic E-state index is -0.00881. The molecule has 0 radical (unpaired) electrons. The molecule has 0 amide bonds. The van der Waals surface area contributed by atoms with Crippen molar-refractivity contribution in [2.24, 2.45) is 0 Å². The molecule has 86 valence electrons. The summed E-state index contributed by atoms with van der Waals surface area (Å²) in [4.78, 5) is 5.57. The van der Waals surface area contributed by atoms with Crippen molar-refractivity contribution in [1.29, 1.82) is 0 Å². The lowest BCUT2D eigenvalue weighted by Crippen LogP contribution is -2.39. The molecule has 0 aromatic carbocycles. The maximum Gasteiger partial charge on any atom is 0.0925 e. The quantitative estimate of drug-likeness (QED) is 0.782. The van der Waals surface area contributed by atoms with E-state index in [9.17, 15) is 0 Å². The SMILES string of the molecule is CCc1ncc(CNC(C)(C)CCO)s1. The van der Waals surface area contributed by atoms with Crippen LogP contribution in [0.5, 0.6) is 0 Å². The summed E-state index contributed by atoms with van der Waals surface area (Å²) in [6, 6.07) is 0. The number of aryl methyl sites for hydroxylation is 1. The molecule has 0 aliphatic heterocycles. The highest BCUT2D eigenvalue weighted by Gasteiger charge is 2.16. The highest BCUT2D eigenvalue weighted by atomic mass is 32.1. The molecule has 0 aliphatic carbocycles. The number of nitrogens with zero attached hydrogens (tertiary/aromatic N) is 1. The summed E-state index contributed by atoms with van der Waals surface area (Å²) in [7, 11) is 0. The minimum Gasteiger partial charge on any atom is -0.396 e. The van der Waals surface area contributed by atoms with E-state index in [0.717, 1.165) is 19.4 Å². The highest BCUT2D eigenvalue weighted by Crippen LogP contribution is 2.15. The van der Waals surface area contributed by atoms with Crippen molar-refractivity contribution in [3.63, 3.8) is 0 Å². The molecule has 1 aromatic rings. The molecule has 1 aromatic heterocycles. The van der Waals surface area contributed by atoms with Crippen LogP contribution in [0.25, 0.3) is 0 Å². The average molecular weight is 228 g/mol. The first-order valence-corrected chi connectivity index (χ1v) is 6.18. The van der Waals surface area contributed by atoms with Gasteiger partial charge in [0.05, 0.1) is 5.01 Å². The number of nitrogens with one attached hydrogen (secondary N) is 1. The number of thiazole rings is 1. The Morgan fingerprint density at radius 3 is 2.80 bits per heavy atom. The van der Waals surface area contributed by atoms with Gasteiger partial charge in [-0.3, -0.25) is 0 Å². The number of aromatic nitrogens is 1. The Balaban J connectivity index is 2.42. The van der Waals surface area contributed by atoms with Crippen LogP contribution in [0.2, 0.25) is 0 Å². The van der Waals surface area contributed by atoms with Gasteiger partial charge in [0.1, 0.15) is 0 Å². The van der Waals surface area contributed by atoms with Gasteiger partial charge in [0.25, 0.3) is 0 Å². The predicted molar refractivity (Wildman–Crippen MR) is 64.1 cm³/mol. The number of hydrogen-bond donors (Lipinski definition) is 2. The molecule has 0 spiro atoms. The Morgan fingerprint density at radius 2 is 2.27 bits per heavy atom. The van der Waals surface area contributed by atoms with Crippen LogP contribution < -0.4 is 5.32 Å². The van der Waals surface area contributed by atoms with Gasteiger partial charge >= 0.3 is 0 Å².